The van der Waals surface area contributed by atoms with E-state index in [2.05, 4.69) is 27.1 Å². The van der Waals surface area contributed by atoms with Crippen LogP contribution in [0.4, 0.5) is 17.1 Å². The molecule has 0 aromatic heterocycles. The van der Waals surface area contributed by atoms with Crippen LogP contribution in [-0.4, -0.2) is 28.7 Å². The highest BCUT2D eigenvalue weighted by Crippen LogP contribution is 2.22. The van der Waals surface area contributed by atoms with E-state index < -0.39 is 10.0 Å². The number of rotatable bonds is 13. The van der Waals surface area contributed by atoms with Crippen molar-refractivity contribution in [2.75, 3.05) is 19.0 Å². The number of nitrogens with one attached hydrogen (secondary N) is 1. The Morgan fingerprint density at radius 1 is 0.839 bits per heavy atom. The molecular formula is C23H33N5O2S. The van der Waals surface area contributed by atoms with Crippen molar-refractivity contribution in [2.45, 2.75) is 56.8 Å². The predicted molar refractivity (Wildman–Crippen MR) is 128 cm³/mol. The molecule has 31 heavy (non-hydrogen) atoms. The molecule has 2 rings (SSSR count). The molecule has 7 nitrogen and oxygen atoms in total. The van der Waals surface area contributed by atoms with Gasteiger partial charge in [0, 0.05) is 26.0 Å². The van der Waals surface area contributed by atoms with Crippen molar-refractivity contribution in [3.05, 3.63) is 48.5 Å². The number of azo groups is 1. The van der Waals surface area contributed by atoms with E-state index in [0.29, 0.717) is 5.69 Å². The van der Waals surface area contributed by atoms with Gasteiger partial charge in [-0.15, -0.1) is 0 Å². The molecule has 0 unspecified atom stereocenters. The van der Waals surface area contributed by atoms with Gasteiger partial charge < -0.3 is 4.90 Å². The molecule has 0 bridgehead atoms. The lowest BCUT2D eigenvalue weighted by Crippen LogP contribution is -2.18. The Kier molecular flexibility index (Phi) is 10.2. The van der Waals surface area contributed by atoms with Crippen LogP contribution in [0.2, 0.25) is 0 Å². The number of hydrogen-bond donors (Lipinski definition) is 1. The van der Waals surface area contributed by atoms with E-state index in [9.17, 15) is 8.42 Å². The maximum absolute atomic E-state index is 12.3. The van der Waals surface area contributed by atoms with Crippen LogP contribution in [-0.2, 0) is 10.0 Å². The summed E-state index contributed by atoms with van der Waals surface area (Å²) in [6.07, 6.45) is 9.55. The molecule has 2 aromatic carbocycles. The fourth-order valence-electron chi connectivity index (χ4n) is 2.86. The molecule has 168 valence electrons. The number of hydrogen-bond acceptors (Lipinski definition) is 6. The van der Waals surface area contributed by atoms with Crippen molar-refractivity contribution in [3.63, 3.8) is 0 Å². The monoisotopic (exact) mass is 443 g/mol. The molecule has 2 aromatic rings. The first-order valence-electron chi connectivity index (χ1n) is 10.7. The Bertz CT molecular complexity index is 937. The van der Waals surface area contributed by atoms with Gasteiger partial charge in [0.15, 0.2) is 0 Å². The van der Waals surface area contributed by atoms with Gasteiger partial charge in [0.05, 0.1) is 16.3 Å². The molecule has 0 fully saturated rings. The van der Waals surface area contributed by atoms with Crippen LogP contribution < -0.4 is 9.73 Å². The first-order chi connectivity index (χ1) is 14.9. The molecule has 0 spiro atoms. The topological polar surface area (TPSA) is 86.5 Å². The van der Waals surface area contributed by atoms with E-state index in [-0.39, 0.29) is 4.90 Å². The zero-order valence-electron chi connectivity index (χ0n) is 18.7. The summed E-state index contributed by atoms with van der Waals surface area (Å²) in [5.41, 5.74) is 2.38. The second-order valence-corrected chi connectivity index (χ2v) is 9.23. The molecule has 0 radical (unpaired) electrons. The molecular weight excluding hydrogens is 410 g/mol. The molecule has 0 heterocycles. The predicted octanol–water partition coefficient (Wildman–Crippen LogP) is 6.18. The summed E-state index contributed by atoms with van der Waals surface area (Å²) in [6, 6.07) is 13.9. The van der Waals surface area contributed by atoms with Gasteiger partial charge in [-0.3, -0.25) is 0 Å². The number of unbranched alkanes of at least 4 members (excludes halogenated alkanes) is 6. The summed E-state index contributed by atoms with van der Waals surface area (Å²) in [4.78, 5) is 4.41. The number of anilines is 1. The van der Waals surface area contributed by atoms with E-state index in [0.717, 1.165) is 30.6 Å². The first-order valence-corrected chi connectivity index (χ1v) is 12.2. The van der Waals surface area contributed by atoms with Crippen LogP contribution in [0.5, 0.6) is 0 Å². The summed E-state index contributed by atoms with van der Waals surface area (Å²) in [5.74, 6) is 0. The highest BCUT2D eigenvalue weighted by molar-refractivity contribution is 7.89. The Morgan fingerprint density at radius 2 is 1.39 bits per heavy atom. The third kappa shape index (κ3) is 8.88. The van der Waals surface area contributed by atoms with Crippen molar-refractivity contribution in [1.82, 2.24) is 4.83 Å². The Balaban J connectivity index is 1.83. The molecule has 0 saturated heterocycles. The molecule has 0 aliphatic heterocycles. The minimum Gasteiger partial charge on any atom is -0.378 e. The van der Waals surface area contributed by atoms with E-state index in [1.54, 1.807) is 18.3 Å². The van der Waals surface area contributed by atoms with Crippen LogP contribution in [0.25, 0.3) is 0 Å². The summed E-state index contributed by atoms with van der Waals surface area (Å²) in [7, 11) is 0.262. The average molecular weight is 444 g/mol. The smallest absolute Gasteiger partial charge is 0.276 e. The van der Waals surface area contributed by atoms with Gasteiger partial charge in [-0.05, 0) is 61.4 Å². The van der Waals surface area contributed by atoms with Gasteiger partial charge in [-0.25, -0.2) is 4.83 Å². The van der Waals surface area contributed by atoms with Crippen molar-refractivity contribution in [3.8, 4) is 0 Å². The fraction of sp³-hybridized carbons (Fsp3) is 0.435. The molecule has 1 N–H and O–H groups in total. The third-order valence-corrected chi connectivity index (χ3v) is 5.98. The van der Waals surface area contributed by atoms with Gasteiger partial charge in [0.1, 0.15) is 0 Å². The van der Waals surface area contributed by atoms with Gasteiger partial charge in [-0.2, -0.15) is 23.7 Å². The summed E-state index contributed by atoms with van der Waals surface area (Å²) in [5, 5.41) is 12.2. The van der Waals surface area contributed by atoms with Gasteiger partial charge >= 0.3 is 0 Å². The second-order valence-electron chi connectivity index (χ2n) is 7.57. The highest BCUT2D eigenvalue weighted by atomic mass is 32.2. The van der Waals surface area contributed by atoms with Crippen molar-refractivity contribution >= 4 is 33.3 Å². The SMILES string of the molecule is CCCCCCCC/C=N/NS(=O)(=O)c1ccc(N=Nc2ccc(N(C)C)cc2)cc1. The highest BCUT2D eigenvalue weighted by Gasteiger charge is 2.12. The Hall–Kier alpha value is -2.74. The Morgan fingerprint density at radius 3 is 1.97 bits per heavy atom. The maximum Gasteiger partial charge on any atom is 0.276 e. The summed E-state index contributed by atoms with van der Waals surface area (Å²) in [6.45, 7) is 2.20. The third-order valence-electron chi connectivity index (χ3n) is 4.75. The summed E-state index contributed by atoms with van der Waals surface area (Å²) >= 11 is 0. The van der Waals surface area contributed by atoms with Crippen molar-refractivity contribution in [2.24, 2.45) is 15.3 Å². The molecule has 0 aliphatic carbocycles. The van der Waals surface area contributed by atoms with E-state index in [1.807, 2.05) is 43.3 Å². The van der Waals surface area contributed by atoms with Gasteiger partial charge in [-0.1, -0.05) is 39.0 Å². The molecule has 8 heteroatoms. The lowest BCUT2D eigenvalue weighted by atomic mass is 10.1. The zero-order valence-corrected chi connectivity index (χ0v) is 19.5. The quantitative estimate of drug-likeness (QED) is 0.173. The molecule has 0 atom stereocenters. The Labute approximate surface area is 186 Å². The van der Waals surface area contributed by atoms with Crippen LogP contribution in [0, 0.1) is 0 Å². The minimum absolute atomic E-state index is 0.138. The van der Waals surface area contributed by atoms with Crippen molar-refractivity contribution < 1.29 is 8.42 Å². The molecule has 0 saturated carbocycles. The maximum atomic E-state index is 12.3. The number of benzene rings is 2. The largest absolute Gasteiger partial charge is 0.378 e. The average Bonchev–Trinajstić information content (AvgIpc) is 2.77. The molecule has 0 aliphatic rings. The van der Waals surface area contributed by atoms with Crippen molar-refractivity contribution in [1.29, 1.82) is 0 Å². The number of nitrogens with zero attached hydrogens (tertiary/aromatic N) is 4. The standard InChI is InChI=1S/C23H33N5O2S/c1-4-5-6-7-8-9-10-19-24-27-31(29,30)23-17-13-21(14-18-23)26-25-20-11-15-22(16-12-20)28(2)3/h11-19,27H,4-10H2,1-3H3/b24-19+,26-25?. The summed E-state index contributed by atoms with van der Waals surface area (Å²) < 4.78 is 24.7. The zero-order chi connectivity index (χ0) is 22.5. The van der Waals surface area contributed by atoms with E-state index in [4.69, 9.17) is 0 Å². The molecule has 0 amide bonds. The van der Waals surface area contributed by atoms with E-state index >= 15 is 0 Å². The van der Waals surface area contributed by atoms with Crippen LogP contribution in [0.15, 0.2) is 68.8 Å². The second kappa shape index (κ2) is 12.8. The number of sulfonamides is 1. The fourth-order valence-corrected chi connectivity index (χ4v) is 3.68. The van der Waals surface area contributed by atoms with Gasteiger partial charge in [0.25, 0.3) is 10.0 Å². The number of hydrazone groups is 1. The van der Waals surface area contributed by atoms with Crippen LogP contribution in [0.1, 0.15) is 51.9 Å². The lowest BCUT2D eigenvalue weighted by Gasteiger charge is -2.11. The minimum atomic E-state index is -3.69. The first kappa shape index (κ1) is 24.5. The van der Waals surface area contributed by atoms with Crippen LogP contribution >= 0.6 is 0 Å². The normalized spacial score (nSPS) is 12.0. The van der Waals surface area contributed by atoms with Crippen LogP contribution in [0.3, 0.4) is 0 Å². The van der Waals surface area contributed by atoms with Gasteiger partial charge in [0.2, 0.25) is 0 Å². The lowest BCUT2D eigenvalue weighted by molar-refractivity contribution is 0.584. The van der Waals surface area contributed by atoms with E-state index in [1.165, 1.54) is 37.8 Å².